The highest BCUT2D eigenvalue weighted by molar-refractivity contribution is 8.00. The molecule has 1 saturated heterocycles. The first-order valence-corrected chi connectivity index (χ1v) is 6.28. The average molecular weight is 280 g/mol. The Bertz CT molecular complexity index is 416. The number of hydrogen-bond donors (Lipinski definition) is 1. The summed E-state index contributed by atoms with van der Waals surface area (Å²) in [5.74, 6) is -0.837. The Morgan fingerprint density at radius 1 is 1.17 bits per heavy atom. The maximum atomic E-state index is 13.3. The summed E-state index contributed by atoms with van der Waals surface area (Å²) in [6, 6.07) is 3.87. The van der Waals surface area contributed by atoms with Crippen molar-refractivity contribution in [2.24, 2.45) is 0 Å². The Morgan fingerprint density at radius 2 is 1.83 bits per heavy atom. The van der Waals surface area contributed by atoms with Gasteiger partial charge in [-0.1, -0.05) is 0 Å². The van der Waals surface area contributed by atoms with Gasteiger partial charge < -0.3 is 10.2 Å². The zero-order valence-electron chi connectivity index (χ0n) is 9.43. The molecule has 1 aliphatic heterocycles. The summed E-state index contributed by atoms with van der Waals surface area (Å²) < 4.78 is 50.1. The lowest BCUT2D eigenvalue weighted by Crippen LogP contribution is -2.43. The summed E-state index contributed by atoms with van der Waals surface area (Å²) in [6.45, 7) is 2.97. The monoisotopic (exact) mass is 280 g/mol. The first-order chi connectivity index (χ1) is 8.46. The fraction of sp³-hybridized carbons (Fsp3) is 0.455. The first-order valence-electron chi connectivity index (χ1n) is 5.47. The van der Waals surface area contributed by atoms with Crippen LogP contribution in [-0.2, 0) is 0 Å². The fourth-order valence-electron chi connectivity index (χ4n) is 1.81. The van der Waals surface area contributed by atoms with Gasteiger partial charge in [-0.2, -0.15) is 13.2 Å². The van der Waals surface area contributed by atoms with E-state index in [0.717, 1.165) is 19.2 Å². The van der Waals surface area contributed by atoms with Crippen molar-refractivity contribution in [3.05, 3.63) is 24.0 Å². The molecule has 0 bridgehead atoms. The minimum Gasteiger partial charge on any atom is -0.369 e. The van der Waals surface area contributed by atoms with E-state index in [2.05, 4.69) is 5.32 Å². The summed E-state index contributed by atoms with van der Waals surface area (Å²) in [5, 5.41) is 3.15. The molecule has 0 amide bonds. The van der Waals surface area contributed by atoms with E-state index in [1.54, 1.807) is 0 Å². The van der Waals surface area contributed by atoms with Crippen molar-refractivity contribution in [2.45, 2.75) is 10.4 Å². The third kappa shape index (κ3) is 3.52. The van der Waals surface area contributed by atoms with Crippen molar-refractivity contribution >= 4 is 17.4 Å². The van der Waals surface area contributed by atoms with Crippen molar-refractivity contribution in [1.29, 1.82) is 0 Å². The minimum atomic E-state index is -4.47. The summed E-state index contributed by atoms with van der Waals surface area (Å²) in [4.78, 5) is 1.56. The van der Waals surface area contributed by atoms with Gasteiger partial charge >= 0.3 is 5.51 Å². The van der Waals surface area contributed by atoms with Gasteiger partial charge in [-0.25, -0.2) is 4.39 Å². The Hall–Kier alpha value is -0.950. The topological polar surface area (TPSA) is 15.3 Å². The number of alkyl halides is 3. The van der Waals surface area contributed by atoms with Crippen LogP contribution in [0.2, 0.25) is 0 Å². The molecular weight excluding hydrogens is 268 g/mol. The molecule has 0 radical (unpaired) electrons. The van der Waals surface area contributed by atoms with Crippen LogP contribution in [0.3, 0.4) is 0 Å². The van der Waals surface area contributed by atoms with Crippen molar-refractivity contribution in [2.75, 3.05) is 31.1 Å². The second kappa shape index (κ2) is 5.36. The molecule has 1 heterocycles. The molecule has 1 aliphatic rings. The number of nitrogens with one attached hydrogen (secondary N) is 1. The van der Waals surface area contributed by atoms with E-state index in [9.17, 15) is 17.6 Å². The molecule has 0 atom stereocenters. The van der Waals surface area contributed by atoms with Crippen molar-refractivity contribution < 1.29 is 17.6 Å². The van der Waals surface area contributed by atoms with Gasteiger partial charge in [-0.15, -0.1) is 0 Å². The maximum absolute atomic E-state index is 13.3. The average Bonchev–Trinajstić information content (AvgIpc) is 2.31. The summed E-state index contributed by atoms with van der Waals surface area (Å²) >= 11 is -0.412. The Balaban J connectivity index is 2.19. The zero-order valence-corrected chi connectivity index (χ0v) is 10.2. The number of rotatable bonds is 2. The number of hydrogen-bond acceptors (Lipinski definition) is 3. The molecule has 2 nitrogen and oxygen atoms in total. The van der Waals surface area contributed by atoms with Crippen LogP contribution in [0, 0.1) is 5.82 Å². The SMILES string of the molecule is Fc1ccc(N2CCNCC2)cc1SC(F)(F)F. The van der Waals surface area contributed by atoms with Crippen LogP contribution in [0.1, 0.15) is 0 Å². The van der Waals surface area contributed by atoms with Gasteiger partial charge in [0, 0.05) is 31.9 Å². The Kier molecular flexibility index (Phi) is 4.01. The predicted molar refractivity (Wildman–Crippen MR) is 63.4 cm³/mol. The molecule has 0 saturated carbocycles. The number of halogens is 4. The number of anilines is 1. The van der Waals surface area contributed by atoms with E-state index < -0.39 is 23.1 Å². The van der Waals surface area contributed by atoms with Gasteiger partial charge in [-0.05, 0) is 30.0 Å². The highest BCUT2D eigenvalue weighted by Crippen LogP contribution is 2.39. The van der Waals surface area contributed by atoms with Crippen LogP contribution in [-0.4, -0.2) is 31.7 Å². The van der Waals surface area contributed by atoms with E-state index in [0.29, 0.717) is 18.8 Å². The van der Waals surface area contributed by atoms with Crippen molar-refractivity contribution in [1.82, 2.24) is 5.32 Å². The number of nitrogens with zero attached hydrogens (tertiary/aromatic N) is 1. The largest absolute Gasteiger partial charge is 0.446 e. The van der Waals surface area contributed by atoms with Crippen molar-refractivity contribution in [3.63, 3.8) is 0 Å². The molecule has 1 N–H and O–H groups in total. The van der Waals surface area contributed by atoms with Gasteiger partial charge in [0.2, 0.25) is 0 Å². The lowest BCUT2D eigenvalue weighted by molar-refractivity contribution is -0.0329. The molecule has 0 spiro atoms. The molecule has 7 heteroatoms. The highest BCUT2D eigenvalue weighted by Gasteiger charge is 2.31. The van der Waals surface area contributed by atoms with Crippen LogP contribution in [0.25, 0.3) is 0 Å². The van der Waals surface area contributed by atoms with E-state index in [-0.39, 0.29) is 4.90 Å². The molecular formula is C11H12F4N2S. The molecule has 18 heavy (non-hydrogen) atoms. The van der Waals surface area contributed by atoms with E-state index >= 15 is 0 Å². The summed E-state index contributed by atoms with van der Waals surface area (Å²) in [7, 11) is 0. The van der Waals surface area contributed by atoms with Gasteiger partial charge in [0.25, 0.3) is 0 Å². The fourth-order valence-corrected chi connectivity index (χ4v) is 2.41. The molecule has 2 rings (SSSR count). The third-order valence-corrected chi connectivity index (χ3v) is 3.39. The van der Waals surface area contributed by atoms with Gasteiger partial charge in [0.15, 0.2) is 0 Å². The van der Waals surface area contributed by atoms with Gasteiger partial charge in [-0.3, -0.25) is 0 Å². The van der Waals surface area contributed by atoms with Crippen LogP contribution < -0.4 is 10.2 Å². The Labute approximate surface area is 106 Å². The molecule has 100 valence electrons. The lowest BCUT2D eigenvalue weighted by atomic mass is 10.2. The van der Waals surface area contributed by atoms with E-state index in [4.69, 9.17) is 0 Å². The Morgan fingerprint density at radius 3 is 2.44 bits per heavy atom. The molecule has 0 aliphatic carbocycles. The van der Waals surface area contributed by atoms with E-state index in [1.165, 1.54) is 12.1 Å². The molecule has 1 aromatic carbocycles. The lowest BCUT2D eigenvalue weighted by Gasteiger charge is -2.29. The van der Waals surface area contributed by atoms with E-state index in [1.807, 2.05) is 4.90 Å². The summed E-state index contributed by atoms with van der Waals surface area (Å²) in [6.07, 6.45) is 0. The second-order valence-electron chi connectivity index (χ2n) is 3.90. The molecule has 1 aromatic rings. The normalized spacial score (nSPS) is 17.0. The second-order valence-corrected chi connectivity index (χ2v) is 5.01. The summed E-state index contributed by atoms with van der Waals surface area (Å²) in [5.41, 5.74) is -3.84. The standard InChI is InChI=1S/C11H12F4N2S/c12-9-2-1-8(17-5-3-16-4-6-17)7-10(9)18-11(13,14)15/h1-2,7,16H,3-6H2. The third-order valence-electron chi connectivity index (χ3n) is 2.62. The van der Waals surface area contributed by atoms with Crippen LogP contribution >= 0.6 is 11.8 Å². The van der Waals surface area contributed by atoms with Crippen molar-refractivity contribution in [3.8, 4) is 0 Å². The van der Waals surface area contributed by atoms with Gasteiger partial charge in [0.1, 0.15) is 5.82 Å². The van der Waals surface area contributed by atoms with Gasteiger partial charge in [0.05, 0.1) is 4.90 Å². The maximum Gasteiger partial charge on any atom is 0.446 e. The van der Waals surface area contributed by atoms with Crippen LogP contribution in [0.15, 0.2) is 23.1 Å². The minimum absolute atomic E-state index is 0.376. The number of thioether (sulfide) groups is 1. The highest BCUT2D eigenvalue weighted by atomic mass is 32.2. The zero-order chi connectivity index (χ0) is 13.2. The molecule has 0 aromatic heterocycles. The quantitative estimate of drug-likeness (QED) is 0.662. The molecule has 1 fully saturated rings. The number of piperazine rings is 1. The first kappa shape index (κ1) is 13.5. The van der Waals surface area contributed by atoms with Crippen LogP contribution in [0.4, 0.5) is 23.2 Å². The smallest absolute Gasteiger partial charge is 0.369 e. The van der Waals surface area contributed by atoms with Crippen LogP contribution in [0.5, 0.6) is 0 Å². The number of benzene rings is 1. The predicted octanol–water partition coefficient (Wildman–Crippen LogP) is 2.85. The molecule has 0 unspecified atom stereocenters.